The quantitative estimate of drug-likeness (QED) is 0.0767. The van der Waals surface area contributed by atoms with Gasteiger partial charge in [0.2, 0.25) is 5.89 Å². The Hall–Kier alpha value is -5.97. The predicted molar refractivity (Wildman–Crippen MR) is 223 cm³/mol. The molecule has 0 saturated heterocycles. The number of carbonyl (C=O) groups excluding carboxylic acids is 3. The first-order valence-corrected chi connectivity index (χ1v) is 21.1. The van der Waals surface area contributed by atoms with E-state index in [1.807, 2.05) is 6.92 Å². The summed E-state index contributed by atoms with van der Waals surface area (Å²) in [5, 5.41) is 0. The number of hydrogen-bond donors (Lipinski definition) is 0. The highest BCUT2D eigenvalue weighted by Crippen LogP contribution is 2.60. The third-order valence-electron chi connectivity index (χ3n) is 13.4. The first-order chi connectivity index (χ1) is 29.0. The Morgan fingerprint density at radius 1 is 0.833 bits per heavy atom. The number of rotatable bonds is 12. The van der Waals surface area contributed by atoms with E-state index in [1.165, 1.54) is 5.57 Å². The number of aromatic nitrogens is 4. The smallest absolute Gasteiger partial charge is 0.338 e. The van der Waals surface area contributed by atoms with Gasteiger partial charge in [0.1, 0.15) is 24.6 Å². The first-order valence-electron chi connectivity index (χ1n) is 21.1. The Morgan fingerprint density at radius 3 is 2.05 bits per heavy atom. The molecule has 0 unspecified atom stereocenters. The van der Waals surface area contributed by atoms with Gasteiger partial charge in [-0.2, -0.15) is 0 Å². The van der Waals surface area contributed by atoms with E-state index in [0.717, 1.165) is 56.2 Å². The van der Waals surface area contributed by atoms with E-state index in [0.29, 0.717) is 52.8 Å². The largest absolute Gasteiger partial charge is 0.458 e. The molecule has 0 aliphatic heterocycles. The Bertz CT molecular complexity index is 2300. The van der Waals surface area contributed by atoms with Gasteiger partial charge in [-0.05, 0) is 129 Å². The van der Waals surface area contributed by atoms with Gasteiger partial charge >= 0.3 is 17.9 Å². The molecule has 0 N–H and O–H groups in total. The lowest BCUT2D eigenvalue weighted by molar-refractivity contribution is 0.00210. The molecule has 4 saturated carbocycles. The molecule has 7 atom stereocenters. The molecule has 8 rings (SSSR count). The topological polar surface area (TPSA) is 144 Å². The predicted octanol–water partition coefficient (Wildman–Crippen LogP) is 9.49. The molecule has 4 aromatic heterocycles. The van der Waals surface area contributed by atoms with E-state index in [-0.39, 0.29) is 11.3 Å². The average molecular weight is 809 g/mol. The number of esters is 3. The van der Waals surface area contributed by atoms with Crippen LogP contribution in [-0.2, 0) is 19.6 Å². The zero-order chi connectivity index (χ0) is 41.9. The molecule has 4 fully saturated rings. The van der Waals surface area contributed by atoms with Crippen molar-refractivity contribution < 1.29 is 33.0 Å². The highest BCUT2D eigenvalue weighted by molar-refractivity contribution is 5.90. The summed E-state index contributed by atoms with van der Waals surface area (Å²) in [4.78, 5) is 56.5. The van der Waals surface area contributed by atoms with Crippen molar-refractivity contribution >= 4 is 17.9 Å². The van der Waals surface area contributed by atoms with Crippen molar-refractivity contribution in [3.63, 3.8) is 0 Å². The molecule has 0 aromatic carbocycles. The van der Waals surface area contributed by atoms with E-state index in [9.17, 15) is 14.4 Å². The lowest BCUT2D eigenvalue weighted by atomic mass is 9.61. The summed E-state index contributed by atoms with van der Waals surface area (Å²) >= 11 is 0. The van der Waals surface area contributed by atoms with Crippen LogP contribution in [0.2, 0.25) is 0 Å². The zero-order valence-corrected chi connectivity index (χ0v) is 34.5. The van der Waals surface area contributed by atoms with Crippen LogP contribution < -0.4 is 0 Å². The molecule has 11 heteroatoms. The second-order valence-corrected chi connectivity index (χ2v) is 17.1. The lowest BCUT2D eigenvalue weighted by Crippen LogP contribution is -2.36. The fourth-order valence-electron chi connectivity index (χ4n) is 9.93. The second kappa shape index (κ2) is 17.3. The fourth-order valence-corrected chi connectivity index (χ4v) is 9.93. The number of nitrogens with zero attached hydrogens (tertiary/aromatic N) is 4. The third kappa shape index (κ3) is 8.53. The van der Waals surface area contributed by atoms with Gasteiger partial charge in [-0.3, -0.25) is 15.0 Å². The van der Waals surface area contributed by atoms with E-state index in [2.05, 4.69) is 64.7 Å². The standard InChI is InChI=1S/C49H52N4O7/c1-31(7-12-43(60-46(56)37-17-26-52-27-18-37)49(20-21-49)47-53-32(2)30-57-47)40-10-11-41-34(6-5-19-48(40,41)4)8-9-38-28-39(58-44(54)35-13-22-50-23-14-35)29-42(33(38)3)59-45(55)36-15-24-51-25-16-36/h7-9,12-18,22-27,30-31,39-43H,3,5-6,10-11,19-21,28-29H2,1-2,4H3/t31-,39-,40-,41+,42+,43-,48-/m1/s1. The highest BCUT2D eigenvalue weighted by atomic mass is 16.6. The molecule has 310 valence electrons. The maximum atomic E-state index is 13.4. The van der Waals surface area contributed by atoms with Crippen molar-refractivity contribution in [3.05, 3.63) is 156 Å². The monoisotopic (exact) mass is 808 g/mol. The molecule has 0 spiro atoms. The van der Waals surface area contributed by atoms with Gasteiger partial charge in [-0.25, -0.2) is 19.4 Å². The Kier molecular flexibility index (Phi) is 11.8. The molecule has 11 nitrogen and oxygen atoms in total. The van der Waals surface area contributed by atoms with Gasteiger partial charge in [-0.15, -0.1) is 0 Å². The van der Waals surface area contributed by atoms with Gasteiger partial charge in [0.05, 0.1) is 27.8 Å². The maximum Gasteiger partial charge on any atom is 0.338 e. The first kappa shape index (κ1) is 40.8. The summed E-state index contributed by atoms with van der Waals surface area (Å²) < 4.78 is 24.2. The van der Waals surface area contributed by atoms with Crippen LogP contribution in [0.1, 0.15) is 114 Å². The van der Waals surface area contributed by atoms with Gasteiger partial charge < -0.3 is 18.6 Å². The van der Waals surface area contributed by atoms with E-state index in [1.54, 1.807) is 79.8 Å². The molecule has 4 aliphatic rings. The number of carbonyl (C=O) groups is 3. The average Bonchev–Trinajstić information content (AvgIpc) is 3.82. The number of hydrogen-bond acceptors (Lipinski definition) is 11. The highest BCUT2D eigenvalue weighted by Gasteiger charge is 2.56. The molecule has 4 heterocycles. The van der Waals surface area contributed by atoms with Crippen LogP contribution >= 0.6 is 0 Å². The molecule has 4 aromatic rings. The van der Waals surface area contributed by atoms with E-state index >= 15 is 0 Å². The van der Waals surface area contributed by atoms with Crippen LogP contribution in [0.15, 0.2) is 132 Å². The zero-order valence-electron chi connectivity index (χ0n) is 34.5. The van der Waals surface area contributed by atoms with Gasteiger partial charge in [0.25, 0.3) is 0 Å². The van der Waals surface area contributed by atoms with E-state index < -0.39 is 41.6 Å². The Morgan fingerprint density at radius 2 is 1.45 bits per heavy atom. The molecular weight excluding hydrogens is 757 g/mol. The van der Waals surface area contributed by atoms with Crippen LogP contribution in [0.25, 0.3) is 0 Å². The van der Waals surface area contributed by atoms with Crippen LogP contribution in [0.5, 0.6) is 0 Å². The summed E-state index contributed by atoms with van der Waals surface area (Å²) in [7, 11) is 0. The maximum absolute atomic E-state index is 13.4. The molecule has 0 bridgehead atoms. The van der Waals surface area contributed by atoms with Crippen LogP contribution in [0.3, 0.4) is 0 Å². The minimum atomic E-state index is -0.672. The van der Waals surface area contributed by atoms with Gasteiger partial charge in [-0.1, -0.05) is 44.2 Å². The number of pyridine rings is 3. The second-order valence-electron chi connectivity index (χ2n) is 17.1. The molecule has 4 aliphatic carbocycles. The van der Waals surface area contributed by atoms with Crippen LogP contribution in [0, 0.1) is 30.1 Å². The lowest BCUT2D eigenvalue weighted by Gasteiger charge is -2.44. The minimum absolute atomic E-state index is 0.0707. The third-order valence-corrected chi connectivity index (χ3v) is 13.4. The molecule has 0 amide bonds. The number of oxazole rings is 1. The van der Waals surface area contributed by atoms with Crippen molar-refractivity contribution in [3.8, 4) is 0 Å². The summed E-state index contributed by atoms with van der Waals surface area (Å²) in [5.41, 5.74) is 4.65. The van der Waals surface area contributed by atoms with Crippen molar-refractivity contribution in [2.75, 3.05) is 0 Å². The molecule has 60 heavy (non-hydrogen) atoms. The number of fused-ring (bicyclic) bond motifs is 1. The Balaban J connectivity index is 1.01. The number of allylic oxidation sites excluding steroid dienone is 4. The summed E-state index contributed by atoms with van der Waals surface area (Å²) in [6.07, 6.45) is 25.8. The Labute approximate surface area is 351 Å². The molecular formula is C49H52N4O7. The van der Waals surface area contributed by atoms with Crippen molar-refractivity contribution in [2.24, 2.45) is 23.2 Å². The minimum Gasteiger partial charge on any atom is -0.458 e. The summed E-state index contributed by atoms with van der Waals surface area (Å²) in [6.45, 7) is 11.0. The SMILES string of the molecule is C=C1C(=CC=C2CCC[C@]3(C)[C@@H]([C@H](C)C=C[C@@H](OC(=O)c4ccncc4)C4(c5nc(C)co5)CC4)CC[C@@H]23)C[C@@H](OC(=O)c2ccncc2)C[C@@H]1OC(=O)c1ccncc1. The van der Waals surface area contributed by atoms with Crippen LogP contribution in [0.4, 0.5) is 0 Å². The van der Waals surface area contributed by atoms with Crippen LogP contribution in [-0.4, -0.2) is 56.2 Å². The normalized spacial score (nSPS) is 26.9. The molecule has 0 radical (unpaired) electrons. The van der Waals surface area contributed by atoms with Crippen molar-refractivity contribution in [2.45, 2.75) is 102 Å². The summed E-state index contributed by atoms with van der Waals surface area (Å²) in [6, 6.07) is 9.81. The summed E-state index contributed by atoms with van der Waals surface area (Å²) in [5.74, 6) is 0.335. The number of aryl methyl sites for hydroxylation is 1. The van der Waals surface area contributed by atoms with Gasteiger partial charge in [0.15, 0.2) is 0 Å². The number of ether oxygens (including phenoxy) is 3. The van der Waals surface area contributed by atoms with Gasteiger partial charge in [0, 0.05) is 50.0 Å². The van der Waals surface area contributed by atoms with Crippen molar-refractivity contribution in [1.29, 1.82) is 0 Å². The fraction of sp³-hybridized carbons (Fsp3) is 0.408. The van der Waals surface area contributed by atoms with Crippen molar-refractivity contribution in [1.82, 2.24) is 19.9 Å². The van der Waals surface area contributed by atoms with E-state index in [4.69, 9.17) is 18.6 Å².